The van der Waals surface area contributed by atoms with Crippen LogP contribution in [-0.2, 0) is 6.42 Å². The van der Waals surface area contributed by atoms with Gasteiger partial charge in [-0.05, 0) is 73.4 Å². The number of hydrogen-bond acceptors (Lipinski definition) is 0. The Morgan fingerprint density at radius 2 is 1.33 bits per heavy atom. The minimum absolute atomic E-state index is 0.559. The Morgan fingerprint density at radius 3 is 2.05 bits per heavy atom. The zero-order valence-corrected chi connectivity index (χ0v) is 13.7. The molecule has 3 rings (SSSR count). The first-order valence-corrected chi connectivity index (χ1v) is 7.85. The van der Waals surface area contributed by atoms with Gasteiger partial charge in [0.15, 0.2) is 0 Å². The molecule has 0 N–H and O–H groups in total. The van der Waals surface area contributed by atoms with E-state index < -0.39 is 0 Å². The van der Waals surface area contributed by atoms with Crippen molar-refractivity contribution in [3.63, 3.8) is 0 Å². The minimum atomic E-state index is 0.559. The van der Waals surface area contributed by atoms with Gasteiger partial charge in [-0.2, -0.15) is 0 Å². The molecule has 0 heterocycles. The predicted molar refractivity (Wildman–Crippen MR) is 92.6 cm³/mol. The lowest BCUT2D eigenvalue weighted by molar-refractivity contribution is 0.752. The number of allylic oxidation sites excluding steroid dienone is 2. The van der Waals surface area contributed by atoms with Crippen LogP contribution < -0.4 is 0 Å². The highest BCUT2D eigenvalue weighted by molar-refractivity contribution is 5.91. The lowest BCUT2D eigenvalue weighted by Gasteiger charge is -2.25. The lowest BCUT2D eigenvalue weighted by atomic mass is 9.80. The predicted octanol–water partition coefficient (Wildman–Crippen LogP) is 5.91. The summed E-state index contributed by atoms with van der Waals surface area (Å²) < 4.78 is 0. The van der Waals surface area contributed by atoms with Crippen molar-refractivity contribution in [3.8, 4) is 0 Å². The third-order valence-electron chi connectivity index (χ3n) is 4.90. The van der Waals surface area contributed by atoms with Gasteiger partial charge < -0.3 is 0 Å². The normalized spacial score (nSPS) is 21.3. The van der Waals surface area contributed by atoms with Gasteiger partial charge in [-0.15, -0.1) is 0 Å². The fourth-order valence-corrected chi connectivity index (χ4v) is 3.53. The number of fused-ring (bicyclic) bond motifs is 2. The Bertz CT molecular complexity index is 732. The molecule has 1 aliphatic rings. The maximum Gasteiger partial charge on any atom is -0.0144 e. The van der Waals surface area contributed by atoms with E-state index in [4.69, 9.17) is 0 Å². The Morgan fingerprint density at radius 1 is 0.762 bits per heavy atom. The molecule has 0 nitrogen and oxygen atoms in total. The molecular weight excluding hydrogens is 252 g/mol. The monoisotopic (exact) mass is 276 g/mol. The maximum absolute atomic E-state index is 2.37. The standard InChI is InChI=1S/C21H24/c1-13-6-8-19-16(4)17(5)20-9-7-14(2)11-21(20)15(3)12-18(19)10-13/h6-11,15H,12H2,1-5H3/b17-16-. The number of benzene rings is 2. The van der Waals surface area contributed by atoms with Gasteiger partial charge >= 0.3 is 0 Å². The molecule has 0 fully saturated rings. The van der Waals surface area contributed by atoms with Crippen molar-refractivity contribution in [2.24, 2.45) is 0 Å². The van der Waals surface area contributed by atoms with Crippen LogP contribution in [0.1, 0.15) is 60.1 Å². The van der Waals surface area contributed by atoms with Crippen LogP contribution in [-0.4, -0.2) is 0 Å². The van der Waals surface area contributed by atoms with Crippen molar-refractivity contribution in [3.05, 3.63) is 69.8 Å². The zero-order valence-electron chi connectivity index (χ0n) is 13.7. The zero-order chi connectivity index (χ0) is 15.1. The molecule has 1 atom stereocenters. The summed E-state index contributed by atoms with van der Waals surface area (Å²) in [4.78, 5) is 0. The summed E-state index contributed by atoms with van der Waals surface area (Å²) in [6.45, 7) is 11.3. The van der Waals surface area contributed by atoms with Crippen LogP contribution >= 0.6 is 0 Å². The fourth-order valence-electron chi connectivity index (χ4n) is 3.53. The van der Waals surface area contributed by atoms with Gasteiger partial charge in [0.2, 0.25) is 0 Å². The largest absolute Gasteiger partial charge is 0.0587 e. The van der Waals surface area contributed by atoms with E-state index in [9.17, 15) is 0 Å². The van der Waals surface area contributed by atoms with Crippen LogP contribution in [0.3, 0.4) is 0 Å². The fraction of sp³-hybridized carbons (Fsp3) is 0.333. The molecule has 0 saturated heterocycles. The molecule has 0 bridgehead atoms. The molecule has 0 radical (unpaired) electrons. The second-order valence-corrected chi connectivity index (χ2v) is 6.61. The van der Waals surface area contributed by atoms with Gasteiger partial charge in [0, 0.05) is 0 Å². The Balaban J connectivity index is 2.30. The Labute approximate surface area is 128 Å². The van der Waals surface area contributed by atoms with E-state index in [2.05, 4.69) is 71.0 Å². The first-order valence-electron chi connectivity index (χ1n) is 7.85. The molecule has 21 heavy (non-hydrogen) atoms. The van der Waals surface area contributed by atoms with Gasteiger partial charge in [-0.3, -0.25) is 0 Å². The van der Waals surface area contributed by atoms with E-state index >= 15 is 0 Å². The quantitative estimate of drug-likeness (QED) is 0.561. The average molecular weight is 276 g/mol. The Kier molecular flexibility index (Phi) is 3.49. The van der Waals surface area contributed by atoms with E-state index in [-0.39, 0.29) is 0 Å². The van der Waals surface area contributed by atoms with Crippen LogP contribution in [0.15, 0.2) is 36.4 Å². The summed E-state index contributed by atoms with van der Waals surface area (Å²) in [7, 11) is 0. The summed E-state index contributed by atoms with van der Waals surface area (Å²) in [5.74, 6) is 0.559. The van der Waals surface area contributed by atoms with Crippen LogP contribution in [0.5, 0.6) is 0 Å². The highest BCUT2D eigenvalue weighted by atomic mass is 14.2. The molecule has 0 heteroatoms. The molecule has 0 amide bonds. The van der Waals surface area contributed by atoms with E-state index in [1.54, 1.807) is 0 Å². The van der Waals surface area contributed by atoms with E-state index in [0.29, 0.717) is 5.92 Å². The average Bonchev–Trinajstić information content (AvgIpc) is 2.45. The van der Waals surface area contributed by atoms with Gasteiger partial charge in [0.05, 0.1) is 0 Å². The molecule has 1 unspecified atom stereocenters. The number of hydrogen-bond donors (Lipinski definition) is 0. The van der Waals surface area contributed by atoms with Crippen LogP contribution in [0.25, 0.3) is 11.1 Å². The van der Waals surface area contributed by atoms with Crippen LogP contribution in [0, 0.1) is 13.8 Å². The Hall–Kier alpha value is -1.82. The molecule has 2 aromatic carbocycles. The highest BCUT2D eigenvalue weighted by Crippen LogP contribution is 2.38. The van der Waals surface area contributed by atoms with Gasteiger partial charge in [0.1, 0.15) is 0 Å². The summed E-state index contributed by atoms with van der Waals surface area (Å²) in [6.07, 6.45) is 1.12. The topological polar surface area (TPSA) is 0 Å². The van der Waals surface area contributed by atoms with E-state index in [1.807, 2.05) is 0 Å². The van der Waals surface area contributed by atoms with E-state index in [0.717, 1.165) is 6.42 Å². The summed E-state index contributed by atoms with van der Waals surface area (Å²) in [5.41, 5.74) is 11.4. The molecule has 2 aromatic rings. The van der Waals surface area contributed by atoms with Crippen molar-refractivity contribution in [1.29, 1.82) is 0 Å². The third-order valence-corrected chi connectivity index (χ3v) is 4.90. The first-order chi connectivity index (χ1) is 9.97. The van der Waals surface area contributed by atoms with Gasteiger partial charge in [0.25, 0.3) is 0 Å². The second-order valence-electron chi connectivity index (χ2n) is 6.61. The highest BCUT2D eigenvalue weighted by Gasteiger charge is 2.20. The number of aryl methyl sites for hydroxylation is 2. The first kappa shape index (κ1) is 14.1. The summed E-state index contributed by atoms with van der Waals surface area (Å²) >= 11 is 0. The summed E-state index contributed by atoms with van der Waals surface area (Å²) in [5, 5.41) is 0. The molecule has 0 aromatic heterocycles. The lowest BCUT2D eigenvalue weighted by Crippen LogP contribution is -2.08. The van der Waals surface area contributed by atoms with Gasteiger partial charge in [-0.1, -0.05) is 54.4 Å². The maximum atomic E-state index is 2.37. The van der Waals surface area contributed by atoms with Crippen LogP contribution in [0.4, 0.5) is 0 Å². The minimum Gasteiger partial charge on any atom is -0.0587 e. The smallest absolute Gasteiger partial charge is 0.0144 e. The van der Waals surface area contributed by atoms with Crippen molar-refractivity contribution in [1.82, 2.24) is 0 Å². The second kappa shape index (κ2) is 5.18. The van der Waals surface area contributed by atoms with Crippen molar-refractivity contribution in [2.45, 2.75) is 47.0 Å². The summed E-state index contributed by atoms with van der Waals surface area (Å²) in [6, 6.07) is 13.8. The van der Waals surface area contributed by atoms with E-state index in [1.165, 1.54) is 44.5 Å². The third kappa shape index (κ3) is 2.44. The van der Waals surface area contributed by atoms with Crippen molar-refractivity contribution < 1.29 is 0 Å². The van der Waals surface area contributed by atoms with Crippen molar-refractivity contribution >= 4 is 11.1 Å². The molecule has 1 aliphatic carbocycles. The van der Waals surface area contributed by atoms with Crippen molar-refractivity contribution in [2.75, 3.05) is 0 Å². The SMILES string of the molecule is C/C1=C(\C)c2ccc(C)cc2C(C)Cc2cc(C)ccc21. The molecule has 0 aliphatic heterocycles. The molecule has 0 spiro atoms. The number of rotatable bonds is 0. The van der Waals surface area contributed by atoms with Gasteiger partial charge in [-0.25, -0.2) is 0 Å². The molecule has 0 saturated carbocycles. The molecular formula is C21H24. The molecule has 108 valence electrons. The van der Waals surface area contributed by atoms with Crippen LogP contribution in [0.2, 0.25) is 0 Å².